The van der Waals surface area contributed by atoms with Crippen LogP contribution in [0.2, 0.25) is 0 Å². The molecule has 0 amide bonds. The van der Waals surface area contributed by atoms with Crippen molar-refractivity contribution in [1.29, 1.82) is 0 Å². The molecule has 0 aliphatic heterocycles. The van der Waals surface area contributed by atoms with Crippen molar-refractivity contribution in [2.24, 2.45) is 5.92 Å². The molecule has 0 nitrogen and oxygen atoms in total. The molecule has 122 valence electrons. The minimum absolute atomic E-state index is 0.0192. The first-order valence-corrected chi connectivity index (χ1v) is 7.95. The zero-order valence-corrected chi connectivity index (χ0v) is 12.8. The molecule has 1 saturated carbocycles. The summed E-state index contributed by atoms with van der Waals surface area (Å²) in [6.07, 6.45) is 4.64. The van der Waals surface area contributed by atoms with E-state index in [0.29, 0.717) is 30.4 Å². The molecule has 2 rings (SSSR count). The molecule has 1 fully saturated rings. The third-order valence-electron chi connectivity index (χ3n) is 4.53. The van der Waals surface area contributed by atoms with Crippen LogP contribution in [0.4, 0.5) is 17.6 Å². The zero-order valence-electron chi connectivity index (χ0n) is 12.8. The van der Waals surface area contributed by atoms with Gasteiger partial charge in [0.1, 0.15) is 0 Å². The van der Waals surface area contributed by atoms with Gasteiger partial charge in [0.05, 0.1) is 12.5 Å². The van der Waals surface area contributed by atoms with Gasteiger partial charge in [-0.25, -0.2) is 13.2 Å². The van der Waals surface area contributed by atoms with E-state index in [4.69, 9.17) is 0 Å². The van der Waals surface area contributed by atoms with Crippen LogP contribution in [0.3, 0.4) is 0 Å². The maximum atomic E-state index is 14.2. The second-order valence-electron chi connectivity index (χ2n) is 5.96. The molecule has 0 spiro atoms. The lowest BCUT2D eigenvalue weighted by Crippen LogP contribution is -2.14. The molecule has 1 aromatic carbocycles. The third kappa shape index (κ3) is 3.90. The summed E-state index contributed by atoms with van der Waals surface area (Å²) >= 11 is 0. The lowest BCUT2D eigenvalue weighted by Gasteiger charge is -2.27. The van der Waals surface area contributed by atoms with Gasteiger partial charge < -0.3 is 0 Å². The molecule has 4 heteroatoms. The fraction of sp³-hybridized carbons (Fsp3) is 0.556. The van der Waals surface area contributed by atoms with Gasteiger partial charge in [0.2, 0.25) is 0 Å². The number of aryl methyl sites for hydroxylation is 1. The van der Waals surface area contributed by atoms with E-state index < -0.39 is 24.1 Å². The van der Waals surface area contributed by atoms with Gasteiger partial charge in [-0.15, -0.1) is 0 Å². The predicted octanol–water partition coefficient (Wildman–Crippen LogP) is 6.01. The molecular formula is C18H22F4. The van der Waals surface area contributed by atoms with E-state index >= 15 is 0 Å². The highest BCUT2D eigenvalue weighted by Gasteiger charge is 2.25. The summed E-state index contributed by atoms with van der Waals surface area (Å²) in [5.41, 5.74) is 0.826. The number of hydrogen-bond acceptors (Lipinski definition) is 0. The average molecular weight is 314 g/mol. The summed E-state index contributed by atoms with van der Waals surface area (Å²) in [5, 5.41) is 0. The molecule has 0 N–H and O–H groups in total. The van der Waals surface area contributed by atoms with Crippen molar-refractivity contribution in [2.75, 3.05) is 6.67 Å². The van der Waals surface area contributed by atoms with Crippen LogP contribution in [0.15, 0.2) is 24.0 Å². The fourth-order valence-corrected chi connectivity index (χ4v) is 3.22. The van der Waals surface area contributed by atoms with Crippen LogP contribution in [0.5, 0.6) is 0 Å². The Morgan fingerprint density at radius 2 is 1.82 bits per heavy atom. The highest BCUT2D eigenvalue weighted by molar-refractivity contribution is 5.29. The normalized spacial score (nSPS) is 22.9. The van der Waals surface area contributed by atoms with E-state index in [-0.39, 0.29) is 18.3 Å². The monoisotopic (exact) mass is 314 g/mol. The van der Waals surface area contributed by atoms with E-state index in [0.717, 1.165) is 12.8 Å². The molecule has 0 saturated heterocycles. The van der Waals surface area contributed by atoms with Crippen LogP contribution in [0.25, 0.3) is 0 Å². The standard InChI is InChI=1S/C18H22F4/c1-2-13-7-8-16(18(22)17(13)21)14-5-3-12(4-6-14)11-15(20)9-10-19/h7-8,11-12,14H,2-6,9-10H2,1H3/b15-11-. The van der Waals surface area contributed by atoms with E-state index in [1.165, 1.54) is 6.08 Å². The Hall–Kier alpha value is -1.32. The van der Waals surface area contributed by atoms with Gasteiger partial charge in [-0.1, -0.05) is 19.1 Å². The Bertz CT molecular complexity index is 528. The maximum Gasteiger partial charge on any atom is 0.162 e. The first-order chi connectivity index (χ1) is 10.6. The largest absolute Gasteiger partial charge is 0.251 e. The highest BCUT2D eigenvalue weighted by Crippen LogP contribution is 2.38. The molecule has 0 aromatic heterocycles. The van der Waals surface area contributed by atoms with Crippen molar-refractivity contribution in [2.45, 2.75) is 51.4 Å². The molecule has 22 heavy (non-hydrogen) atoms. The summed E-state index contributed by atoms with van der Waals surface area (Å²) in [7, 11) is 0. The SMILES string of the molecule is CCc1ccc(C2CCC(/C=C(\F)CCF)CC2)c(F)c1F. The van der Waals surface area contributed by atoms with Crippen LogP contribution in [-0.2, 0) is 6.42 Å². The van der Waals surface area contributed by atoms with Crippen molar-refractivity contribution in [3.8, 4) is 0 Å². The van der Waals surface area contributed by atoms with Crippen LogP contribution in [0.1, 0.15) is 56.1 Å². The van der Waals surface area contributed by atoms with Gasteiger partial charge in [0.25, 0.3) is 0 Å². The minimum Gasteiger partial charge on any atom is -0.251 e. The summed E-state index contributed by atoms with van der Waals surface area (Å²) in [5.74, 6) is -1.83. The van der Waals surface area contributed by atoms with Crippen molar-refractivity contribution in [3.63, 3.8) is 0 Å². The van der Waals surface area contributed by atoms with E-state index in [1.54, 1.807) is 19.1 Å². The molecule has 0 heterocycles. The topological polar surface area (TPSA) is 0 Å². The van der Waals surface area contributed by atoms with Crippen LogP contribution in [0, 0.1) is 17.6 Å². The highest BCUT2D eigenvalue weighted by atomic mass is 19.2. The van der Waals surface area contributed by atoms with Gasteiger partial charge in [-0.05, 0) is 61.1 Å². The molecule has 0 radical (unpaired) electrons. The number of allylic oxidation sites excluding steroid dienone is 2. The molecule has 0 bridgehead atoms. The second-order valence-corrected chi connectivity index (χ2v) is 5.96. The van der Waals surface area contributed by atoms with Crippen molar-refractivity contribution in [3.05, 3.63) is 46.8 Å². The lowest BCUT2D eigenvalue weighted by molar-refractivity contribution is 0.356. The van der Waals surface area contributed by atoms with Gasteiger partial charge in [0.15, 0.2) is 11.6 Å². The van der Waals surface area contributed by atoms with Gasteiger partial charge in [-0.3, -0.25) is 4.39 Å². The van der Waals surface area contributed by atoms with Crippen molar-refractivity contribution >= 4 is 0 Å². The number of benzene rings is 1. The van der Waals surface area contributed by atoms with Crippen LogP contribution < -0.4 is 0 Å². The Balaban J connectivity index is 2.03. The number of hydrogen-bond donors (Lipinski definition) is 0. The molecule has 1 aliphatic carbocycles. The quantitative estimate of drug-likeness (QED) is 0.583. The smallest absolute Gasteiger partial charge is 0.162 e. The molecule has 1 aromatic rings. The maximum absolute atomic E-state index is 14.2. The molecule has 0 atom stereocenters. The summed E-state index contributed by atoms with van der Waals surface area (Å²) in [6.45, 7) is 1.10. The van der Waals surface area contributed by atoms with Gasteiger partial charge >= 0.3 is 0 Å². The Morgan fingerprint density at radius 1 is 1.14 bits per heavy atom. The van der Waals surface area contributed by atoms with Crippen LogP contribution in [-0.4, -0.2) is 6.67 Å². The number of rotatable bonds is 5. The number of alkyl halides is 1. The van der Waals surface area contributed by atoms with Gasteiger partial charge in [-0.2, -0.15) is 0 Å². The first kappa shape index (κ1) is 17.0. The average Bonchev–Trinajstić information content (AvgIpc) is 2.51. The molecule has 0 unspecified atom stereocenters. The van der Waals surface area contributed by atoms with Gasteiger partial charge in [0, 0.05) is 6.42 Å². The Kier molecular flexibility index (Phi) is 6.04. The fourth-order valence-electron chi connectivity index (χ4n) is 3.22. The predicted molar refractivity (Wildman–Crippen MR) is 80.2 cm³/mol. The van der Waals surface area contributed by atoms with Crippen molar-refractivity contribution in [1.82, 2.24) is 0 Å². The lowest BCUT2D eigenvalue weighted by atomic mass is 9.78. The second kappa shape index (κ2) is 7.80. The Labute approximate surface area is 129 Å². The van der Waals surface area contributed by atoms with Crippen LogP contribution >= 0.6 is 0 Å². The van der Waals surface area contributed by atoms with E-state index in [9.17, 15) is 17.6 Å². The summed E-state index contributed by atoms with van der Waals surface area (Å²) < 4.78 is 53.4. The zero-order chi connectivity index (χ0) is 16.1. The number of halogens is 4. The first-order valence-electron chi connectivity index (χ1n) is 7.95. The summed E-state index contributed by atoms with van der Waals surface area (Å²) in [4.78, 5) is 0. The van der Waals surface area contributed by atoms with E-state index in [2.05, 4.69) is 0 Å². The Morgan fingerprint density at radius 3 is 2.41 bits per heavy atom. The summed E-state index contributed by atoms with van der Waals surface area (Å²) in [6, 6.07) is 3.34. The third-order valence-corrected chi connectivity index (χ3v) is 4.53. The molecular weight excluding hydrogens is 292 g/mol. The minimum atomic E-state index is -0.740. The molecule has 1 aliphatic rings. The van der Waals surface area contributed by atoms with E-state index in [1.807, 2.05) is 0 Å². The van der Waals surface area contributed by atoms with Crippen molar-refractivity contribution < 1.29 is 17.6 Å².